The van der Waals surface area contributed by atoms with Gasteiger partial charge < -0.3 is 10.6 Å². The van der Waals surface area contributed by atoms with Crippen LogP contribution in [0.1, 0.15) is 60.3 Å². The van der Waals surface area contributed by atoms with E-state index in [1.165, 1.54) is 0 Å². The SMILES string of the molecule is CC.CC.CCCC(=O)NC1CCNCC1. The second-order valence-electron chi connectivity index (χ2n) is 3.34. The Morgan fingerprint density at radius 2 is 1.69 bits per heavy atom. The lowest BCUT2D eigenvalue weighted by Crippen LogP contribution is -2.42. The average molecular weight is 230 g/mol. The fourth-order valence-electron chi connectivity index (χ4n) is 1.49. The fourth-order valence-corrected chi connectivity index (χ4v) is 1.49. The van der Waals surface area contributed by atoms with Gasteiger partial charge in [0.25, 0.3) is 0 Å². The molecule has 98 valence electrons. The van der Waals surface area contributed by atoms with E-state index in [2.05, 4.69) is 10.6 Å². The maximum atomic E-state index is 11.2. The van der Waals surface area contributed by atoms with E-state index in [9.17, 15) is 4.79 Å². The summed E-state index contributed by atoms with van der Waals surface area (Å²) in [6.45, 7) is 12.1. The van der Waals surface area contributed by atoms with Gasteiger partial charge in [0.2, 0.25) is 5.91 Å². The molecule has 1 aliphatic heterocycles. The van der Waals surface area contributed by atoms with E-state index in [0.29, 0.717) is 12.5 Å². The zero-order chi connectivity index (χ0) is 12.8. The van der Waals surface area contributed by atoms with Gasteiger partial charge in [0.15, 0.2) is 0 Å². The Balaban J connectivity index is 0. The van der Waals surface area contributed by atoms with Crippen LogP contribution in [0.3, 0.4) is 0 Å². The molecule has 16 heavy (non-hydrogen) atoms. The molecule has 0 aliphatic carbocycles. The Morgan fingerprint density at radius 1 is 1.19 bits per heavy atom. The summed E-state index contributed by atoms with van der Waals surface area (Å²) >= 11 is 0. The molecule has 0 spiro atoms. The number of carbonyl (C=O) groups excluding carboxylic acids is 1. The highest BCUT2D eigenvalue weighted by Crippen LogP contribution is 2.02. The van der Waals surface area contributed by atoms with Gasteiger partial charge in [-0.05, 0) is 32.4 Å². The number of rotatable bonds is 3. The number of hydrogen-bond donors (Lipinski definition) is 2. The van der Waals surface area contributed by atoms with Crippen molar-refractivity contribution in [2.24, 2.45) is 0 Å². The van der Waals surface area contributed by atoms with Gasteiger partial charge in [0.05, 0.1) is 0 Å². The van der Waals surface area contributed by atoms with Crippen LogP contribution in [0, 0.1) is 0 Å². The Bertz CT molecular complexity index is 143. The van der Waals surface area contributed by atoms with Crippen LogP contribution in [0.25, 0.3) is 0 Å². The third-order valence-corrected chi connectivity index (χ3v) is 2.18. The van der Waals surface area contributed by atoms with Crippen molar-refractivity contribution in [1.82, 2.24) is 10.6 Å². The van der Waals surface area contributed by atoms with Crippen molar-refractivity contribution in [1.29, 1.82) is 0 Å². The van der Waals surface area contributed by atoms with E-state index in [1.54, 1.807) is 0 Å². The molecule has 3 nitrogen and oxygen atoms in total. The molecule has 1 saturated heterocycles. The molecule has 3 heteroatoms. The normalized spacial score (nSPS) is 15.1. The van der Waals surface area contributed by atoms with Gasteiger partial charge in [-0.1, -0.05) is 34.6 Å². The monoisotopic (exact) mass is 230 g/mol. The number of carbonyl (C=O) groups is 1. The summed E-state index contributed by atoms with van der Waals surface area (Å²) in [5.74, 6) is 0.212. The first-order valence-electron chi connectivity index (χ1n) is 6.83. The van der Waals surface area contributed by atoms with E-state index >= 15 is 0 Å². The zero-order valence-corrected chi connectivity index (χ0v) is 11.7. The highest BCUT2D eigenvalue weighted by molar-refractivity contribution is 5.76. The van der Waals surface area contributed by atoms with Gasteiger partial charge >= 0.3 is 0 Å². The lowest BCUT2D eigenvalue weighted by Gasteiger charge is -2.23. The molecule has 0 radical (unpaired) electrons. The zero-order valence-electron chi connectivity index (χ0n) is 11.7. The average Bonchev–Trinajstić information content (AvgIpc) is 2.36. The summed E-state index contributed by atoms with van der Waals surface area (Å²) in [4.78, 5) is 11.2. The van der Waals surface area contributed by atoms with Crippen LogP contribution < -0.4 is 10.6 Å². The number of amides is 1. The topological polar surface area (TPSA) is 41.1 Å². The van der Waals surface area contributed by atoms with Gasteiger partial charge in [-0.15, -0.1) is 0 Å². The minimum atomic E-state index is 0.212. The lowest BCUT2D eigenvalue weighted by atomic mass is 10.1. The van der Waals surface area contributed by atoms with Gasteiger partial charge in [0.1, 0.15) is 0 Å². The number of nitrogens with one attached hydrogen (secondary N) is 2. The highest BCUT2D eigenvalue weighted by atomic mass is 16.1. The predicted octanol–water partition coefficient (Wildman–Crippen LogP) is 2.71. The van der Waals surface area contributed by atoms with Crippen molar-refractivity contribution in [2.75, 3.05) is 13.1 Å². The predicted molar refractivity (Wildman–Crippen MR) is 71.6 cm³/mol. The first kappa shape index (κ1) is 17.8. The van der Waals surface area contributed by atoms with Crippen molar-refractivity contribution >= 4 is 5.91 Å². The summed E-state index contributed by atoms with van der Waals surface area (Å²) in [5.41, 5.74) is 0. The van der Waals surface area contributed by atoms with Crippen LogP contribution in [0.2, 0.25) is 0 Å². The molecule has 1 rings (SSSR count). The molecule has 1 heterocycles. The summed E-state index contributed by atoms with van der Waals surface area (Å²) in [6, 6.07) is 0.422. The maximum absolute atomic E-state index is 11.2. The van der Waals surface area contributed by atoms with Crippen LogP contribution in [-0.2, 0) is 4.79 Å². The molecule has 0 unspecified atom stereocenters. The minimum Gasteiger partial charge on any atom is -0.353 e. The highest BCUT2D eigenvalue weighted by Gasteiger charge is 2.14. The number of piperidine rings is 1. The fraction of sp³-hybridized carbons (Fsp3) is 0.923. The van der Waals surface area contributed by atoms with Gasteiger partial charge in [-0.2, -0.15) is 0 Å². The Kier molecular flexibility index (Phi) is 16.1. The summed E-state index contributed by atoms with van der Waals surface area (Å²) in [7, 11) is 0. The summed E-state index contributed by atoms with van der Waals surface area (Å²) in [5, 5.41) is 6.31. The second-order valence-corrected chi connectivity index (χ2v) is 3.34. The molecule has 0 aromatic rings. The molecule has 1 aliphatic rings. The van der Waals surface area contributed by atoms with Gasteiger partial charge in [0, 0.05) is 12.5 Å². The van der Waals surface area contributed by atoms with E-state index in [1.807, 2.05) is 34.6 Å². The van der Waals surface area contributed by atoms with Crippen molar-refractivity contribution < 1.29 is 4.79 Å². The third-order valence-electron chi connectivity index (χ3n) is 2.18. The van der Waals surface area contributed by atoms with E-state index in [-0.39, 0.29) is 5.91 Å². The second kappa shape index (κ2) is 14.4. The molecule has 0 bridgehead atoms. The van der Waals surface area contributed by atoms with Crippen LogP contribution >= 0.6 is 0 Å². The molecule has 0 atom stereocenters. The van der Waals surface area contributed by atoms with E-state index < -0.39 is 0 Å². The first-order valence-corrected chi connectivity index (χ1v) is 6.83. The van der Waals surface area contributed by atoms with E-state index in [0.717, 1.165) is 32.4 Å². The molecule has 1 fully saturated rings. The summed E-state index contributed by atoms with van der Waals surface area (Å²) < 4.78 is 0. The Morgan fingerprint density at radius 3 is 2.12 bits per heavy atom. The Hall–Kier alpha value is -0.570. The van der Waals surface area contributed by atoms with Crippen LogP contribution in [-0.4, -0.2) is 25.0 Å². The molecule has 1 amide bonds. The molecule has 0 aromatic heterocycles. The van der Waals surface area contributed by atoms with Crippen LogP contribution in [0.5, 0.6) is 0 Å². The molecular formula is C13H30N2O. The molecule has 0 saturated carbocycles. The molecule has 0 aromatic carbocycles. The smallest absolute Gasteiger partial charge is 0.220 e. The van der Waals surface area contributed by atoms with Crippen molar-refractivity contribution in [2.45, 2.75) is 66.3 Å². The number of hydrogen-bond acceptors (Lipinski definition) is 2. The summed E-state index contributed by atoms with van der Waals surface area (Å²) in [6.07, 6.45) is 3.77. The van der Waals surface area contributed by atoms with Gasteiger partial charge in [-0.3, -0.25) is 4.79 Å². The first-order chi connectivity index (χ1) is 7.83. The van der Waals surface area contributed by atoms with Crippen molar-refractivity contribution in [3.05, 3.63) is 0 Å². The van der Waals surface area contributed by atoms with Crippen LogP contribution in [0.4, 0.5) is 0 Å². The molecule has 2 N–H and O–H groups in total. The lowest BCUT2D eigenvalue weighted by molar-refractivity contribution is -0.121. The standard InChI is InChI=1S/C9H18N2O.2C2H6/c1-2-3-9(12)11-8-4-6-10-7-5-8;2*1-2/h8,10H,2-7H2,1H3,(H,11,12);2*1-2H3. The van der Waals surface area contributed by atoms with Gasteiger partial charge in [-0.25, -0.2) is 0 Å². The van der Waals surface area contributed by atoms with Crippen molar-refractivity contribution in [3.8, 4) is 0 Å². The van der Waals surface area contributed by atoms with Crippen LogP contribution in [0.15, 0.2) is 0 Å². The third kappa shape index (κ3) is 9.97. The van der Waals surface area contributed by atoms with Crippen molar-refractivity contribution in [3.63, 3.8) is 0 Å². The maximum Gasteiger partial charge on any atom is 0.220 e. The quantitative estimate of drug-likeness (QED) is 0.782. The Labute approximate surface area is 101 Å². The molecular weight excluding hydrogens is 200 g/mol. The minimum absolute atomic E-state index is 0.212. The largest absolute Gasteiger partial charge is 0.353 e. The van der Waals surface area contributed by atoms with E-state index in [4.69, 9.17) is 0 Å².